The first kappa shape index (κ1) is 3.67. The molecule has 0 aromatic carbocycles. The Labute approximate surface area is 43.4 Å². The van der Waals surface area contributed by atoms with Crippen molar-refractivity contribution in [2.45, 2.75) is 12.5 Å². The number of nitrogens with one attached hydrogen (secondary N) is 1. The lowest BCUT2D eigenvalue weighted by atomic mass is 9.91. The van der Waals surface area contributed by atoms with E-state index in [-0.39, 0.29) is 0 Å². The zero-order chi connectivity index (χ0) is 4.69. The van der Waals surface area contributed by atoms with Crippen molar-refractivity contribution in [2.75, 3.05) is 6.54 Å². The number of hydrogen-bond acceptors (Lipinski definition) is 1. The van der Waals surface area contributed by atoms with E-state index in [4.69, 9.17) is 0 Å². The van der Waals surface area contributed by atoms with Crippen molar-refractivity contribution in [3.8, 4) is 0 Å². The highest BCUT2D eigenvalue weighted by molar-refractivity contribution is 5.16. The number of rotatable bonds is 0. The molecule has 1 nitrogen and oxygen atoms in total. The van der Waals surface area contributed by atoms with Crippen molar-refractivity contribution >= 4 is 0 Å². The molecule has 1 heterocycles. The van der Waals surface area contributed by atoms with Crippen LogP contribution in [-0.2, 0) is 0 Å². The average Bonchev–Trinajstić information content (AvgIpc) is 1.85. The lowest BCUT2D eigenvalue weighted by Gasteiger charge is -2.19. The van der Waals surface area contributed by atoms with Crippen LogP contribution >= 0.6 is 0 Å². The molecular formula is C6H9N. The third kappa shape index (κ3) is 0.361. The number of hydrogen-bond donors (Lipinski definition) is 1. The minimum Gasteiger partial charge on any atom is -0.310 e. The first-order valence-electron chi connectivity index (χ1n) is 2.88. The van der Waals surface area contributed by atoms with Crippen molar-refractivity contribution in [1.82, 2.24) is 5.32 Å². The molecule has 7 heavy (non-hydrogen) atoms. The van der Waals surface area contributed by atoms with Crippen LogP contribution in [0.5, 0.6) is 0 Å². The van der Waals surface area contributed by atoms with Crippen LogP contribution in [0.25, 0.3) is 0 Å². The second kappa shape index (κ2) is 1.10. The molecule has 38 valence electrons. The van der Waals surface area contributed by atoms with E-state index in [0.717, 1.165) is 12.0 Å². The molecule has 2 rings (SSSR count). The van der Waals surface area contributed by atoms with Crippen LogP contribution in [0, 0.1) is 5.92 Å². The van der Waals surface area contributed by atoms with Crippen molar-refractivity contribution in [3.05, 3.63) is 12.2 Å². The fourth-order valence-electron chi connectivity index (χ4n) is 1.29. The minimum absolute atomic E-state index is 0.764. The van der Waals surface area contributed by atoms with Crippen LogP contribution in [0.2, 0.25) is 0 Å². The molecule has 1 heteroatoms. The van der Waals surface area contributed by atoms with Gasteiger partial charge in [-0.15, -0.1) is 0 Å². The molecule has 0 radical (unpaired) electrons. The van der Waals surface area contributed by atoms with Crippen LogP contribution in [0.4, 0.5) is 0 Å². The maximum Gasteiger partial charge on any atom is 0.0313 e. The summed E-state index contributed by atoms with van der Waals surface area (Å²) in [5.74, 6) is 0.903. The molecule has 1 N–H and O–H groups in total. The number of fused-ring (bicyclic) bond motifs is 1. The molecule has 1 aliphatic carbocycles. The van der Waals surface area contributed by atoms with E-state index in [2.05, 4.69) is 17.5 Å². The lowest BCUT2D eigenvalue weighted by molar-refractivity contribution is 0.563. The normalized spacial score (nSPS) is 45.7. The van der Waals surface area contributed by atoms with Gasteiger partial charge in [-0.3, -0.25) is 0 Å². The molecule has 1 aliphatic heterocycles. The van der Waals surface area contributed by atoms with E-state index in [1.165, 1.54) is 13.0 Å². The monoisotopic (exact) mass is 95.1 g/mol. The van der Waals surface area contributed by atoms with E-state index in [9.17, 15) is 0 Å². The maximum absolute atomic E-state index is 3.37. The first-order valence-corrected chi connectivity index (χ1v) is 2.88. The molecule has 0 saturated carbocycles. The molecule has 0 aromatic heterocycles. The fourth-order valence-corrected chi connectivity index (χ4v) is 1.29. The van der Waals surface area contributed by atoms with Gasteiger partial charge in [0.2, 0.25) is 0 Å². The van der Waals surface area contributed by atoms with Gasteiger partial charge >= 0.3 is 0 Å². The summed E-state index contributed by atoms with van der Waals surface area (Å²) in [6, 6.07) is 0.764. The Kier molecular flexibility index (Phi) is 0.577. The van der Waals surface area contributed by atoms with Gasteiger partial charge in [0.15, 0.2) is 0 Å². The van der Waals surface area contributed by atoms with Gasteiger partial charge in [0, 0.05) is 6.04 Å². The van der Waals surface area contributed by atoms with Gasteiger partial charge in [-0.2, -0.15) is 0 Å². The highest BCUT2D eigenvalue weighted by Gasteiger charge is 2.27. The smallest absolute Gasteiger partial charge is 0.0313 e. The van der Waals surface area contributed by atoms with Gasteiger partial charge < -0.3 is 5.32 Å². The van der Waals surface area contributed by atoms with E-state index in [1.54, 1.807) is 0 Å². The van der Waals surface area contributed by atoms with Crippen molar-refractivity contribution in [1.29, 1.82) is 0 Å². The Balaban J connectivity index is 2.17. The molecule has 2 aliphatic rings. The van der Waals surface area contributed by atoms with Crippen molar-refractivity contribution in [3.63, 3.8) is 0 Å². The zero-order valence-corrected chi connectivity index (χ0v) is 4.22. The Hall–Kier alpha value is -0.300. The Morgan fingerprint density at radius 2 is 2.43 bits per heavy atom. The Bertz CT molecular complexity index is 94.7. The van der Waals surface area contributed by atoms with Gasteiger partial charge in [0.05, 0.1) is 0 Å². The summed E-state index contributed by atoms with van der Waals surface area (Å²) in [5.41, 5.74) is 0. The summed E-state index contributed by atoms with van der Waals surface area (Å²) in [6.45, 7) is 1.22. The fraction of sp³-hybridized carbons (Fsp3) is 0.667. The summed E-state index contributed by atoms with van der Waals surface area (Å²) in [4.78, 5) is 0. The topological polar surface area (TPSA) is 12.0 Å². The van der Waals surface area contributed by atoms with Crippen LogP contribution < -0.4 is 5.32 Å². The van der Waals surface area contributed by atoms with E-state index in [1.807, 2.05) is 0 Å². The third-order valence-electron chi connectivity index (χ3n) is 1.88. The molecule has 2 unspecified atom stereocenters. The molecule has 1 fully saturated rings. The predicted octanol–water partition coefficient (Wildman–Crippen LogP) is 0.534. The van der Waals surface area contributed by atoms with Crippen LogP contribution in [0.3, 0.4) is 0 Å². The molecule has 2 atom stereocenters. The Morgan fingerprint density at radius 3 is 2.71 bits per heavy atom. The average molecular weight is 95.1 g/mol. The summed E-state index contributed by atoms with van der Waals surface area (Å²) in [5, 5.41) is 3.37. The SMILES string of the molecule is C1=CC2NCCC12. The van der Waals surface area contributed by atoms with Gasteiger partial charge in [-0.1, -0.05) is 12.2 Å². The summed E-state index contributed by atoms with van der Waals surface area (Å²) in [7, 11) is 0. The quantitative estimate of drug-likeness (QED) is 0.433. The minimum atomic E-state index is 0.764. The summed E-state index contributed by atoms with van der Waals surface area (Å²) >= 11 is 0. The standard InChI is InChI=1S/C6H9N/c1-2-6-5(1)3-4-7-6/h1-2,5-7H,3-4H2. The second-order valence-electron chi connectivity index (χ2n) is 2.32. The van der Waals surface area contributed by atoms with Gasteiger partial charge in [-0.05, 0) is 18.9 Å². The zero-order valence-electron chi connectivity index (χ0n) is 4.22. The van der Waals surface area contributed by atoms with Crippen molar-refractivity contribution in [2.24, 2.45) is 5.92 Å². The molecule has 0 spiro atoms. The van der Waals surface area contributed by atoms with E-state index >= 15 is 0 Å². The maximum atomic E-state index is 3.37. The second-order valence-corrected chi connectivity index (χ2v) is 2.32. The molecule has 0 bridgehead atoms. The van der Waals surface area contributed by atoms with Crippen molar-refractivity contribution < 1.29 is 0 Å². The summed E-state index contributed by atoms with van der Waals surface area (Å²) < 4.78 is 0. The van der Waals surface area contributed by atoms with Crippen LogP contribution in [0.1, 0.15) is 6.42 Å². The summed E-state index contributed by atoms with van der Waals surface area (Å²) in [6.07, 6.45) is 5.91. The molecular weight excluding hydrogens is 86.1 g/mol. The van der Waals surface area contributed by atoms with Gasteiger partial charge in [0.1, 0.15) is 0 Å². The highest BCUT2D eigenvalue weighted by atomic mass is 15.0. The van der Waals surface area contributed by atoms with Gasteiger partial charge in [-0.25, -0.2) is 0 Å². The van der Waals surface area contributed by atoms with E-state index < -0.39 is 0 Å². The van der Waals surface area contributed by atoms with E-state index in [0.29, 0.717) is 0 Å². The molecule has 0 aromatic rings. The Morgan fingerprint density at radius 1 is 1.43 bits per heavy atom. The highest BCUT2D eigenvalue weighted by Crippen LogP contribution is 2.25. The molecule has 0 amide bonds. The lowest BCUT2D eigenvalue weighted by Crippen LogP contribution is -2.28. The van der Waals surface area contributed by atoms with Crippen LogP contribution in [-0.4, -0.2) is 12.6 Å². The first-order chi connectivity index (χ1) is 3.47. The predicted molar refractivity (Wildman–Crippen MR) is 29.0 cm³/mol. The van der Waals surface area contributed by atoms with Crippen LogP contribution in [0.15, 0.2) is 12.2 Å². The third-order valence-corrected chi connectivity index (χ3v) is 1.88. The molecule has 1 saturated heterocycles. The largest absolute Gasteiger partial charge is 0.310 e. The van der Waals surface area contributed by atoms with Gasteiger partial charge in [0.25, 0.3) is 0 Å².